The van der Waals surface area contributed by atoms with Crippen LogP contribution in [0, 0.1) is 15.9 Å². The Morgan fingerprint density at radius 1 is 1.30 bits per heavy atom. The van der Waals surface area contributed by atoms with E-state index >= 15 is 0 Å². The Balaban J connectivity index is 2.03. The topological polar surface area (TPSA) is 72.2 Å². The SMILES string of the molecule is C[C@@H](Sc1ccc(F)cc1)C(=O)Nc1ccc([N+](=O)[O-])cc1Cl. The minimum Gasteiger partial charge on any atom is -0.324 e. The van der Waals surface area contributed by atoms with Crippen molar-refractivity contribution in [2.75, 3.05) is 5.32 Å². The Labute approximate surface area is 141 Å². The third-order valence-electron chi connectivity index (χ3n) is 2.92. The van der Waals surface area contributed by atoms with E-state index in [1.165, 1.54) is 42.1 Å². The van der Waals surface area contributed by atoms with Crippen molar-refractivity contribution in [3.8, 4) is 0 Å². The molecule has 0 spiro atoms. The molecule has 1 amide bonds. The maximum Gasteiger partial charge on any atom is 0.271 e. The molecule has 2 aromatic carbocycles. The van der Waals surface area contributed by atoms with Crippen molar-refractivity contribution in [1.82, 2.24) is 0 Å². The van der Waals surface area contributed by atoms with Gasteiger partial charge in [-0.1, -0.05) is 11.6 Å². The summed E-state index contributed by atoms with van der Waals surface area (Å²) in [5.74, 6) is -0.654. The fourth-order valence-corrected chi connectivity index (χ4v) is 2.81. The summed E-state index contributed by atoms with van der Waals surface area (Å²) in [5.41, 5.74) is 0.149. The number of non-ortho nitro benzene ring substituents is 1. The number of nitro benzene ring substituents is 1. The van der Waals surface area contributed by atoms with Crippen LogP contribution in [0.15, 0.2) is 47.4 Å². The van der Waals surface area contributed by atoms with Crippen molar-refractivity contribution in [3.05, 3.63) is 63.4 Å². The van der Waals surface area contributed by atoms with Gasteiger partial charge in [0, 0.05) is 17.0 Å². The number of hydrogen-bond donors (Lipinski definition) is 1. The molecule has 0 radical (unpaired) electrons. The molecule has 2 aromatic rings. The first-order valence-corrected chi connectivity index (χ1v) is 7.79. The number of carbonyl (C=O) groups is 1. The molecule has 1 atom stereocenters. The van der Waals surface area contributed by atoms with Gasteiger partial charge in [-0.2, -0.15) is 0 Å². The lowest BCUT2D eigenvalue weighted by Crippen LogP contribution is -2.22. The second kappa shape index (κ2) is 7.43. The van der Waals surface area contributed by atoms with Gasteiger partial charge in [0.2, 0.25) is 5.91 Å². The Bertz CT molecular complexity index is 740. The average Bonchev–Trinajstić information content (AvgIpc) is 2.51. The maximum atomic E-state index is 12.9. The van der Waals surface area contributed by atoms with Gasteiger partial charge >= 0.3 is 0 Å². The van der Waals surface area contributed by atoms with Crippen LogP contribution in [-0.4, -0.2) is 16.1 Å². The minimum absolute atomic E-state index is 0.0894. The third-order valence-corrected chi connectivity index (χ3v) is 4.34. The largest absolute Gasteiger partial charge is 0.324 e. The molecule has 0 aliphatic heterocycles. The molecule has 2 rings (SSSR count). The Morgan fingerprint density at radius 2 is 1.96 bits per heavy atom. The second-order valence-corrected chi connectivity index (χ2v) is 6.45. The number of hydrogen-bond acceptors (Lipinski definition) is 4. The van der Waals surface area contributed by atoms with Crippen molar-refractivity contribution < 1.29 is 14.1 Å². The van der Waals surface area contributed by atoms with Gasteiger partial charge in [0.25, 0.3) is 5.69 Å². The zero-order chi connectivity index (χ0) is 17.0. The van der Waals surface area contributed by atoms with E-state index in [2.05, 4.69) is 5.32 Å². The van der Waals surface area contributed by atoms with Crippen LogP contribution in [0.4, 0.5) is 15.8 Å². The predicted octanol–water partition coefficient (Wildman–Crippen LogP) is 4.51. The standard InChI is InChI=1S/C15H12ClFN2O3S/c1-9(23-12-5-2-10(17)3-6-12)15(20)18-14-7-4-11(19(21)22)8-13(14)16/h2-9H,1H3,(H,18,20)/t9-/m1/s1. The molecule has 0 saturated heterocycles. The summed E-state index contributed by atoms with van der Waals surface area (Å²) >= 11 is 7.20. The van der Waals surface area contributed by atoms with Crippen LogP contribution in [0.2, 0.25) is 5.02 Å². The number of halogens is 2. The number of nitro groups is 1. The van der Waals surface area contributed by atoms with E-state index < -0.39 is 10.2 Å². The first-order valence-electron chi connectivity index (χ1n) is 6.54. The lowest BCUT2D eigenvalue weighted by molar-refractivity contribution is -0.384. The van der Waals surface area contributed by atoms with E-state index in [1.807, 2.05) is 0 Å². The lowest BCUT2D eigenvalue weighted by Gasteiger charge is -2.13. The summed E-state index contributed by atoms with van der Waals surface area (Å²) in [5, 5.41) is 12.9. The molecular formula is C15H12ClFN2O3S. The zero-order valence-electron chi connectivity index (χ0n) is 12.0. The van der Waals surface area contributed by atoms with Gasteiger partial charge in [0.15, 0.2) is 0 Å². The van der Waals surface area contributed by atoms with E-state index in [1.54, 1.807) is 19.1 Å². The molecule has 0 aliphatic carbocycles. The molecule has 0 bridgehead atoms. The summed E-state index contributed by atoms with van der Waals surface area (Å²) in [6.45, 7) is 1.70. The Kier molecular flexibility index (Phi) is 5.57. The van der Waals surface area contributed by atoms with Crippen LogP contribution in [0.3, 0.4) is 0 Å². The minimum atomic E-state index is -0.565. The predicted molar refractivity (Wildman–Crippen MR) is 88.5 cm³/mol. The average molecular weight is 355 g/mol. The maximum absolute atomic E-state index is 12.9. The van der Waals surface area contributed by atoms with Gasteiger partial charge in [0.05, 0.1) is 20.9 Å². The molecule has 0 saturated carbocycles. The number of benzene rings is 2. The number of anilines is 1. The number of nitrogens with one attached hydrogen (secondary N) is 1. The van der Waals surface area contributed by atoms with Crippen molar-refractivity contribution >= 4 is 40.6 Å². The van der Waals surface area contributed by atoms with Gasteiger partial charge in [-0.15, -0.1) is 11.8 Å². The molecular weight excluding hydrogens is 343 g/mol. The fourth-order valence-electron chi connectivity index (χ4n) is 1.72. The summed E-state index contributed by atoms with van der Waals surface area (Å²) < 4.78 is 12.9. The van der Waals surface area contributed by atoms with Crippen LogP contribution in [0.25, 0.3) is 0 Å². The van der Waals surface area contributed by atoms with Crippen LogP contribution >= 0.6 is 23.4 Å². The van der Waals surface area contributed by atoms with E-state index in [0.717, 1.165) is 4.90 Å². The zero-order valence-corrected chi connectivity index (χ0v) is 13.5. The highest BCUT2D eigenvalue weighted by atomic mass is 35.5. The highest BCUT2D eigenvalue weighted by Gasteiger charge is 2.17. The smallest absolute Gasteiger partial charge is 0.271 e. The quantitative estimate of drug-likeness (QED) is 0.487. The first kappa shape index (κ1) is 17.2. The normalized spacial score (nSPS) is 11.8. The van der Waals surface area contributed by atoms with E-state index in [9.17, 15) is 19.3 Å². The van der Waals surface area contributed by atoms with Crippen LogP contribution in [-0.2, 0) is 4.79 Å². The van der Waals surface area contributed by atoms with Crippen LogP contribution in [0.5, 0.6) is 0 Å². The first-order chi connectivity index (χ1) is 10.9. The number of amides is 1. The number of rotatable bonds is 5. The fraction of sp³-hybridized carbons (Fsp3) is 0.133. The van der Waals surface area contributed by atoms with Gasteiger partial charge < -0.3 is 5.32 Å². The van der Waals surface area contributed by atoms with Crippen LogP contribution in [0.1, 0.15) is 6.92 Å². The van der Waals surface area contributed by atoms with Gasteiger partial charge in [-0.3, -0.25) is 14.9 Å². The van der Waals surface area contributed by atoms with Crippen molar-refractivity contribution in [3.63, 3.8) is 0 Å². The molecule has 0 unspecified atom stereocenters. The number of nitrogens with zero attached hydrogens (tertiary/aromatic N) is 1. The summed E-state index contributed by atoms with van der Waals surface area (Å²) in [4.78, 5) is 23.0. The van der Waals surface area contributed by atoms with E-state index in [0.29, 0.717) is 5.69 Å². The van der Waals surface area contributed by atoms with Crippen molar-refractivity contribution in [2.24, 2.45) is 0 Å². The molecule has 23 heavy (non-hydrogen) atoms. The van der Waals surface area contributed by atoms with Gasteiger partial charge in [-0.05, 0) is 37.3 Å². The molecule has 0 aromatic heterocycles. The Hall–Kier alpha value is -2.12. The summed E-state index contributed by atoms with van der Waals surface area (Å²) in [6.07, 6.45) is 0. The molecule has 0 aliphatic rings. The molecule has 8 heteroatoms. The van der Waals surface area contributed by atoms with Gasteiger partial charge in [0.1, 0.15) is 5.82 Å². The lowest BCUT2D eigenvalue weighted by atomic mass is 10.2. The van der Waals surface area contributed by atoms with Crippen molar-refractivity contribution in [2.45, 2.75) is 17.1 Å². The summed E-state index contributed by atoms with van der Waals surface area (Å²) in [6, 6.07) is 9.63. The molecule has 0 fully saturated rings. The molecule has 5 nitrogen and oxygen atoms in total. The monoisotopic (exact) mass is 354 g/mol. The molecule has 0 heterocycles. The number of thioether (sulfide) groups is 1. The number of carbonyl (C=O) groups excluding carboxylic acids is 1. The van der Waals surface area contributed by atoms with Crippen molar-refractivity contribution in [1.29, 1.82) is 0 Å². The summed E-state index contributed by atoms with van der Waals surface area (Å²) in [7, 11) is 0. The third kappa shape index (κ3) is 4.67. The molecule has 1 N–H and O–H groups in total. The molecule has 120 valence electrons. The van der Waals surface area contributed by atoms with E-state index in [4.69, 9.17) is 11.6 Å². The highest BCUT2D eigenvalue weighted by molar-refractivity contribution is 8.00. The van der Waals surface area contributed by atoms with Crippen LogP contribution < -0.4 is 5.32 Å². The van der Waals surface area contributed by atoms with Gasteiger partial charge in [-0.25, -0.2) is 4.39 Å². The van der Waals surface area contributed by atoms with E-state index in [-0.39, 0.29) is 22.4 Å². The highest BCUT2D eigenvalue weighted by Crippen LogP contribution is 2.28. The second-order valence-electron chi connectivity index (χ2n) is 4.62. The Morgan fingerprint density at radius 3 is 2.52 bits per heavy atom.